The molecule has 162 valence electrons. The maximum Gasteiger partial charge on any atom is 0.295 e. The summed E-state index contributed by atoms with van der Waals surface area (Å²) in [6.07, 6.45) is 0.900. The first-order valence-electron chi connectivity index (χ1n) is 9.37. The number of aromatic amines is 2. The highest BCUT2D eigenvalue weighted by Crippen LogP contribution is 2.35. The van der Waals surface area contributed by atoms with Crippen molar-refractivity contribution in [3.05, 3.63) is 60.7 Å². The lowest BCUT2D eigenvalue weighted by Gasteiger charge is -2.12. The number of imidazole rings is 1. The summed E-state index contributed by atoms with van der Waals surface area (Å²) in [6, 6.07) is 16.5. The van der Waals surface area contributed by atoms with Crippen LogP contribution in [0.2, 0.25) is 0 Å². The Bertz CT molecular complexity index is 1700. The Morgan fingerprint density at radius 3 is 2.41 bits per heavy atom. The van der Waals surface area contributed by atoms with Crippen LogP contribution in [0.5, 0.6) is 0 Å². The van der Waals surface area contributed by atoms with Gasteiger partial charge in [0.15, 0.2) is 15.7 Å². The predicted octanol–water partition coefficient (Wildman–Crippen LogP) is 3.42. The highest BCUT2D eigenvalue weighted by Gasteiger charge is 2.26. The zero-order valence-electron chi connectivity index (χ0n) is 16.6. The predicted molar refractivity (Wildman–Crippen MR) is 120 cm³/mol. The lowest BCUT2D eigenvalue weighted by molar-refractivity contribution is 0.480. The van der Waals surface area contributed by atoms with Crippen molar-refractivity contribution in [3.8, 4) is 22.6 Å². The number of aromatic nitrogens is 4. The van der Waals surface area contributed by atoms with Crippen LogP contribution in [0.4, 0.5) is 0 Å². The molecule has 2 heterocycles. The standard InChI is InChI=1S/C21H16N4O5S2/c1-31(26,27)20-13(5-4-8-18(20)32(28,29)30)12-9-10-15-14(11-12)19(25-24-15)21-22-16-6-2-3-7-17(16)23-21/h2-11H,1H3,(H,22,23)(H,24,25)(H,28,29,30). The summed E-state index contributed by atoms with van der Waals surface area (Å²) in [5.41, 5.74) is 3.44. The van der Waals surface area contributed by atoms with Gasteiger partial charge in [0, 0.05) is 17.2 Å². The lowest BCUT2D eigenvalue weighted by atomic mass is 10.0. The van der Waals surface area contributed by atoms with Crippen molar-refractivity contribution in [3.63, 3.8) is 0 Å². The van der Waals surface area contributed by atoms with E-state index in [1.54, 1.807) is 18.2 Å². The highest BCUT2D eigenvalue weighted by molar-refractivity contribution is 7.92. The van der Waals surface area contributed by atoms with Crippen molar-refractivity contribution in [1.29, 1.82) is 0 Å². The van der Waals surface area contributed by atoms with E-state index in [1.807, 2.05) is 24.3 Å². The van der Waals surface area contributed by atoms with Crippen LogP contribution in [0.15, 0.2) is 70.5 Å². The Morgan fingerprint density at radius 2 is 1.69 bits per heavy atom. The van der Waals surface area contributed by atoms with Crippen molar-refractivity contribution < 1.29 is 21.4 Å². The van der Waals surface area contributed by atoms with Crippen molar-refractivity contribution in [1.82, 2.24) is 20.2 Å². The molecule has 0 spiro atoms. The molecule has 3 N–H and O–H groups in total. The molecule has 2 aromatic heterocycles. The summed E-state index contributed by atoms with van der Waals surface area (Å²) >= 11 is 0. The van der Waals surface area contributed by atoms with Gasteiger partial charge in [0.05, 0.1) is 21.4 Å². The van der Waals surface area contributed by atoms with Gasteiger partial charge in [-0.3, -0.25) is 9.65 Å². The summed E-state index contributed by atoms with van der Waals surface area (Å²) in [7, 11) is -8.75. The number of hydrogen-bond acceptors (Lipinski definition) is 6. The molecule has 0 aliphatic heterocycles. The molecule has 0 aliphatic carbocycles. The molecular formula is C21H16N4O5S2. The van der Waals surface area contributed by atoms with Crippen LogP contribution in [0.3, 0.4) is 0 Å². The third-order valence-corrected chi connectivity index (χ3v) is 7.32. The van der Waals surface area contributed by atoms with E-state index in [9.17, 15) is 21.4 Å². The monoisotopic (exact) mass is 468 g/mol. The molecule has 0 bridgehead atoms. The largest absolute Gasteiger partial charge is 0.337 e. The fraction of sp³-hybridized carbons (Fsp3) is 0.0476. The minimum absolute atomic E-state index is 0.154. The number of nitrogens with one attached hydrogen (secondary N) is 2. The van der Waals surface area contributed by atoms with E-state index in [4.69, 9.17) is 0 Å². The van der Waals surface area contributed by atoms with E-state index in [0.29, 0.717) is 28.0 Å². The maximum atomic E-state index is 12.5. The summed E-state index contributed by atoms with van der Waals surface area (Å²) in [5.74, 6) is 0.532. The van der Waals surface area contributed by atoms with E-state index in [-0.39, 0.29) is 5.56 Å². The third-order valence-electron chi connectivity index (χ3n) is 5.12. The number of sulfone groups is 1. The van der Waals surface area contributed by atoms with Gasteiger partial charge in [-0.15, -0.1) is 0 Å². The van der Waals surface area contributed by atoms with Crippen molar-refractivity contribution in [2.75, 3.05) is 6.26 Å². The van der Waals surface area contributed by atoms with Gasteiger partial charge >= 0.3 is 0 Å². The quantitative estimate of drug-likeness (QED) is 0.343. The number of benzene rings is 3. The van der Waals surface area contributed by atoms with Crippen molar-refractivity contribution in [2.45, 2.75) is 9.79 Å². The molecule has 0 atom stereocenters. The molecule has 9 nitrogen and oxygen atoms in total. The second kappa shape index (κ2) is 6.99. The second-order valence-electron chi connectivity index (χ2n) is 7.32. The molecule has 32 heavy (non-hydrogen) atoms. The van der Waals surface area contributed by atoms with Gasteiger partial charge in [0.1, 0.15) is 10.6 Å². The van der Waals surface area contributed by atoms with Crippen LogP contribution in [0.1, 0.15) is 0 Å². The van der Waals surface area contributed by atoms with Crippen LogP contribution >= 0.6 is 0 Å². The molecule has 0 radical (unpaired) electrons. The molecule has 0 saturated carbocycles. The van der Waals surface area contributed by atoms with Gasteiger partial charge in [-0.05, 0) is 35.9 Å². The third kappa shape index (κ3) is 3.36. The molecule has 5 aromatic rings. The van der Waals surface area contributed by atoms with Gasteiger partial charge < -0.3 is 4.98 Å². The van der Waals surface area contributed by atoms with Gasteiger partial charge in [0.2, 0.25) is 0 Å². The van der Waals surface area contributed by atoms with E-state index in [0.717, 1.165) is 23.4 Å². The maximum absolute atomic E-state index is 12.5. The van der Waals surface area contributed by atoms with Gasteiger partial charge in [-0.25, -0.2) is 13.4 Å². The van der Waals surface area contributed by atoms with E-state index < -0.39 is 29.7 Å². The van der Waals surface area contributed by atoms with Crippen LogP contribution < -0.4 is 0 Å². The zero-order valence-corrected chi connectivity index (χ0v) is 18.2. The zero-order chi connectivity index (χ0) is 22.7. The molecule has 3 aromatic carbocycles. The number of H-pyrrole nitrogens is 2. The molecule has 0 saturated heterocycles. The minimum Gasteiger partial charge on any atom is -0.337 e. The van der Waals surface area contributed by atoms with Crippen molar-refractivity contribution >= 4 is 41.9 Å². The van der Waals surface area contributed by atoms with E-state index >= 15 is 0 Å². The van der Waals surface area contributed by atoms with Crippen LogP contribution in [0.25, 0.3) is 44.6 Å². The molecule has 11 heteroatoms. The number of para-hydroxylation sites is 2. The first-order valence-corrected chi connectivity index (χ1v) is 12.7. The van der Waals surface area contributed by atoms with E-state index in [1.165, 1.54) is 12.1 Å². The topological polar surface area (TPSA) is 146 Å². The SMILES string of the molecule is CS(=O)(=O)c1c(-c2ccc3[nH]nc(-c4nc5ccccc5[nH]4)c3c2)cccc1S(=O)(=O)O. The smallest absolute Gasteiger partial charge is 0.295 e. The Morgan fingerprint density at radius 1 is 0.906 bits per heavy atom. The van der Waals surface area contributed by atoms with Crippen LogP contribution in [-0.4, -0.2) is 47.8 Å². The first-order chi connectivity index (χ1) is 15.1. The molecule has 0 fully saturated rings. The van der Waals surface area contributed by atoms with Gasteiger partial charge in [-0.1, -0.05) is 30.3 Å². The Labute approximate surface area is 182 Å². The van der Waals surface area contributed by atoms with Crippen LogP contribution in [-0.2, 0) is 20.0 Å². The second-order valence-corrected chi connectivity index (χ2v) is 10.7. The molecular weight excluding hydrogens is 452 g/mol. The Balaban J connectivity index is 1.76. The first kappa shape index (κ1) is 20.4. The molecule has 0 aliphatic rings. The highest BCUT2D eigenvalue weighted by atomic mass is 32.2. The van der Waals surface area contributed by atoms with Crippen molar-refractivity contribution in [2.24, 2.45) is 0 Å². The number of nitrogens with zero attached hydrogens (tertiary/aromatic N) is 2. The average Bonchev–Trinajstić information content (AvgIpc) is 3.35. The molecule has 5 rings (SSSR count). The molecule has 0 unspecified atom stereocenters. The lowest BCUT2D eigenvalue weighted by Crippen LogP contribution is -2.09. The number of rotatable bonds is 4. The number of fused-ring (bicyclic) bond motifs is 2. The molecule has 0 amide bonds. The summed E-state index contributed by atoms with van der Waals surface area (Å²) < 4.78 is 58.2. The average molecular weight is 469 g/mol. The fourth-order valence-electron chi connectivity index (χ4n) is 3.76. The van der Waals surface area contributed by atoms with Gasteiger partial charge in [-0.2, -0.15) is 13.5 Å². The summed E-state index contributed by atoms with van der Waals surface area (Å²) in [6.45, 7) is 0. The Kier molecular flexibility index (Phi) is 4.45. The van der Waals surface area contributed by atoms with Crippen LogP contribution in [0, 0.1) is 0 Å². The Hall–Kier alpha value is -3.54. The number of hydrogen-bond donors (Lipinski definition) is 3. The minimum atomic E-state index is -4.76. The van der Waals surface area contributed by atoms with Gasteiger partial charge in [0.25, 0.3) is 10.1 Å². The fourth-order valence-corrected chi connectivity index (χ4v) is 6.14. The normalized spacial score (nSPS) is 12.6. The van der Waals surface area contributed by atoms with E-state index in [2.05, 4.69) is 20.2 Å². The summed E-state index contributed by atoms with van der Waals surface area (Å²) in [5, 5.41) is 7.94. The summed E-state index contributed by atoms with van der Waals surface area (Å²) in [4.78, 5) is 6.65.